The molecular formula is C10H15N3O3. The normalized spacial score (nSPS) is 12.1. The van der Waals surface area contributed by atoms with Crippen LogP contribution in [0.4, 0.5) is 0 Å². The lowest BCUT2D eigenvalue weighted by Crippen LogP contribution is -2.32. The highest BCUT2D eigenvalue weighted by Gasteiger charge is 2.12. The molecule has 0 aliphatic rings. The summed E-state index contributed by atoms with van der Waals surface area (Å²) < 4.78 is 1.22. The number of carbonyl (C=O) groups excluding carboxylic acids is 1. The van der Waals surface area contributed by atoms with Gasteiger partial charge in [-0.1, -0.05) is 6.92 Å². The molecule has 6 nitrogen and oxygen atoms in total. The Bertz CT molecular complexity index is 386. The van der Waals surface area contributed by atoms with E-state index in [1.54, 1.807) is 0 Å². The minimum atomic E-state index is -0.989. The Kier molecular flexibility index (Phi) is 4.04. The van der Waals surface area contributed by atoms with Gasteiger partial charge in [0, 0.05) is 12.2 Å². The van der Waals surface area contributed by atoms with Crippen molar-refractivity contribution in [2.75, 3.05) is 0 Å². The van der Waals surface area contributed by atoms with E-state index in [-0.39, 0.29) is 24.2 Å². The molecule has 1 unspecified atom stereocenters. The van der Waals surface area contributed by atoms with E-state index >= 15 is 0 Å². The van der Waals surface area contributed by atoms with Gasteiger partial charge in [-0.05, 0) is 19.4 Å². The van der Waals surface area contributed by atoms with Crippen molar-refractivity contribution in [2.24, 2.45) is 0 Å². The zero-order valence-corrected chi connectivity index (χ0v) is 9.30. The number of carboxylic acid groups (broad SMARTS) is 1. The van der Waals surface area contributed by atoms with Gasteiger partial charge in [-0.15, -0.1) is 0 Å². The van der Waals surface area contributed by atoms with Crippen molar-refractivity contribution in [3.05, 3.63) is 18.0 Å². The molecule has 1 aromatic heterocycles. The second-order valence-corrected chi connectivity index (χ2v) is 3.58. The van der Waals surface area contributed by atoms with Crippen molar-refractivity contribution in [2.45, 2.75) is 32.9 Å². The van der Waals surface area contributed by atoms with Gasteiger partial charge in [0.05, 0.1) is 0 Å². The summed E-state index contributed by atoms with van der Waals surface area (Å²) in [5.41, 5.74) is 0.238. The summed E-state index contributed by atoms with van der Waals surface area (Å²) in [7, 11) is 0. The maximum atomic E-state index is 11.6. The summed E-state index contributed by atoms with van der Waals surface area (Å²) in [4.78, 5) is 22.0. The molecule has 0 spiro atoms. The highest BCUT2D eigenvalue weighted by atomic mass is 16.4. The number of nitrogens with one attached hydrogen (secondary N) is 1. The number of hydrogen-bond acceptors (Lipinski definition) is 3. The van der Waals surface area contributed by atoms with Crippen LogP contribution in [0.5, 0.6) is 0 Å². The van der Waals surface area contributed by atoms with Gasteiger partial charge in [0.2, 0.25) is 0 Å². The number of rotatable bonds is 5. The zero-order chi connectivity index (χ0) is 12.1. The van der Waals surface area contributed by atoms with Crippen LogP contribution in [-0.2, 0) is 11.3 Å². The van der Waals surface area contributed by atoms with Crippen molar-refractivity contribution in [3.63, 3.8) is 0 Å². The average molecular weight is 225 g/mol. The van der Waals surface area contributed by atoms with Gasteiger partial charge >= 0.3 is 5.97 Å². The van der Waals surface area contributed by atoms with Gasteiger partial charge < -0.3 is 10.4 Å². The molecule has 88 valence electrons. The van der Waals surface area contributed by atoms with Crippen LogP contribution in [0.15, 0.2) is 12.3 Å². The number of aliphatic carboxylic acids is 1. The number of nitrogens with zero attached hydrogens (tertiary/aromatic N) is 2. The molecule has 0 aliphatic carbocycles. The predicted molar refractivity (Wildman–Crippen MR) is 57.1 cm³/mol. The lowest BCUT2D eigenvalue weighted by Gasteiger charge is -2.09. The van der Waals surface area contributed by atoms with Crippen molar-refractivity contribution in [3.8, 4) is 0 Å². The number of hydrogen-bond donors (Lipinski definition) is 2. The van der Waals surface area contributed by atoms with E-state index in [2.05, 4.69) is 10.4 Å². The lowest BCUT2D eigenvalue weighted by molar-refractivity contribution is -0.137. The number of carbonyl (C=O) groups is 2. The van der Waals surface area contributed by atoms with Crippen LogP contribution in [0, 0.1) is 0 Å². The largest absolute Gasteiger partial charge is 0.480 e. The molecule has 0 aliphatic heterocycles. The van der Waals surface area contributed by atoms with Crippen LogP contribution in [-0.4, -0.2) is 32.8 Å². The third-order valence-electron chi connectivity index (χ3n) is 2.16. The SMILES string of the molecule is CCC(C)NC(=O)c1ccn(CC(=O)O)n1. The molecule has 1 amide bonds. The highest BCUT2D eigenvalue weighted by Crippen LogP contribution is 1.98. The van der Waals surface area contributed by atoms with Gasteiger partial charge in [0.25, 0.3) is 5.91 Å². The number of aromatic nitrogens is 2. The van der Waals surface area contributed by atoms with Crippen LogP contribution >= 0.6 is 0 Å². The summed E-state index contributed by atoms with van der Waals surface area (Å²) in [6.07, 6.45) is 2.31. The molecule has 16 heavy (non-hydrogen) atoms. The average Bonchev–Trinajstić information content (AvgIpc) is 2.65. The second kappa shape index (κ2) is 5.29. The summed E-state index contributed by atoms with van der Waals surface area (Å²) >= 11 is 0. The zero-order valence-electron chi connectivity index (χ0n) is 9.30. The molecule has 1 aromatic rings. The minimum Gasteiger partial charge on any atom is -0.480 e. The molecule has 6 heteroatoms. The molecule has 1 atom stereocenters. The van der Waals surface area contributed by atoms with Crippen LogP contribution in [0.2, 0.25) is 0 Å². The summed E-state index contributed by atoms with van der Waals surface area (Å²) in [5.74, 6) is -1.27. The van der Waals surface area contributed by atoms with Crippen LogP contribution in [0.1, 0.15) is 30.8 Å². The first-order valence-corrected chi connectivity index (χ1v) is 5.09. The third kappa shape index (κ3) is 3.38. The van der Waals surface area contributed by atoms with E-state index in [4.69, 9.17) is 5.11 Å². The molecule has 0 aromatic carbocycles. The van der Waals surface area contributed by atoms with E-state index < -0.39 is 5.97 Å². The van der Waals surface area contributed by atoms with E-state index in [0.717, 1.165) is 6.42 Å². The Labute approximate surface area is 93.3 Å². The number of carboxylic acids is 1. The molecule has 0 saturated heterocycles. The maximum absolute atomic E-state index is 11.6. The summed E-state index contributed by atoms with van der Waals surface area (Å²) in [5, 5.41) is 15.1. The molecule has 0 radical (unpaired) electrons. The topological polar surface area (TPSA) is 84.2 Å². The summed E-state index contributed by atoms with van der Waals surface area (Å²) in [6.45, 7) is 3.62. The fourth-order valence-corrected chi connectivity index (χ4v) is 1.11. The van der Waals surface area contributed by atoms with E-state index in [1.165, 1.54) is 16.9 Å². The van der Waals surface area contributed by atoms with Gasteiger partial charge in [-0.25, -0.2) is 0 Å². The smallest absolute Gasteiger partial charge is 0.325 e. The van der Waals surface area contributed by atoms with Gasteiger partial charge in [0.15, 0.2) is 0 Å². The van der Waals surface area contributed by atoms with E-state index in [0.29, 0.717) is 0 Å². The van der Waals surface area contributed by atoms with Gasteiger partial charge in [0.1, 0.15) is 12.2 Å². The van der Waals surface area contributed by atoms with Crippen LogP contribution < -0.4 is 5.32 Å². The maximum Gasteiger partial charge on any atom is 0.325 e. The van der Waals surface area contributed by atoms with Gasteiger partial charge in [-0.3, -0.25) is 14.3 Å². The van der Waals surface area contributed by atoms with Gasteiger partial charge in [-0.2, -0.15) is 5.10 Å². The quantitative estimate of drug-likeness (QED) is 0.764. The van der Waals surface area contributed by atoms with Crippen LogP contribution in [0.25, 0.3) is 0 Å². The van der Waals surface area contributed by atoms with Crippen molar-refractivity contribution >= 4 is 11.9 Å². The first-order chi connectivity index (χ1) is 7.52. The minimum absolute atomic E-state index is 0.0807. The number of amides is 1. The summed E-state index contributed by atoms with van der Waals surface area (Å²) in [6, 6.07) is 1.58. The van der Waals surface area contributed by atoms with E-state index in [9.17, 15) is 9.59 Å². The molecule has 0 bridgehead atoms. The monoisotopic (exact) mass is 225 g/mol. The van der Waals surface area contributed by atoms with E-state index in [1.807, 2.05) is 13.8 Å². The van der Waals surface area contributed by atoms with Crippen LogP contribution in [0.3, 0.4) is 0 Å². The molecular weight excluding hydrogens is 210 g/mol. The van der Waals surface area contributed by atoms with Crippen molar-refractivity contribution in [1.82, 2.24) is 15.1 Å². The molecule has 1 heterocycles. The molecule has 0 fully saturated rings. The molecule has 0 saturated carbocycles. The first kappa shape index (κ1) is 12.2. The molecule has 2 N–H and O–H groups in total. The Hall–Kier alpha value is -1.85. The molecule has 1 rings (SSSR count). The van der Waals surface area contributed by atoms with Crippen molar-refractivity contribution in [1.29, 1.82) is 0 Å². The first-order valence-electron chi connectivity index (χ1n) is 5.09. The predicted octanol–water partition coefficient (Wildman–Crippen LogP) is 0.496. The Morgan fingerprint density at radius 2 is 2.31 bits per heavy atom. The fourth-order valence-electron chi connectivity index (χ4n) is 1.11. The van der Waals surface area contributed by atoms with Crippen molar-refractivity contribution < 1.29 is 14.7 Å². The Morgan fingerprint density at radius 3 is 2.88 bits per heavy atom. The Morgan fingerprint density at radius 1 is 1.62 bits per heavy atom. The third-order valence-corrected chi connectivity index (χ3v) is 2.16. The second-order valence-electron chi connectivity index (χ2n) is 3.58. The standard InChI is InChI=1S/C10H15N3O3/c1-3-7(2)11-10(16)8-4-5-13(12-8)6-9(14)15/h4-5,7H,3,6H2,1-2H3,(H,11,16)(H,14,15). The lowest BCUT2D eigenvalue weighted by atomic mass is 10.2. The fraction of sp³-hybridized carbons (Fsp3) is 0.500. The highest BCUT2D eigenvalue weighted by molar-refractivity contribution is 5.92. The Balaban J connectivity index is 2.63.